The molecule has 0 aromatic carbocycles. The molecule has 1 aliphatic heterocycles. The second kappa shape index (κ2) is 5.64. The van der Waals surface area contributed by atoms with Gasteiger partial charge in [0.1, 0.15) is 6.10 Å². The van der Waals surface area contributed by atoms with Gasteiger partial charge in [0.2, 0.25) is 6.10 Å². The normalized spacial score (nSPS) is 21.0. The van der Waals surface area contributed by atoms with Crippen molar-refractivity contribution in [3.63, 3.8) is 0 Å². The number of aryl methyl sites for hydroxylation is 1. The van der Waals surface area contributed by atoms with Gasteiger partial charge in [-0.2, -0.15) is 5.10 Å². The van der Waals surface area contributed by atoms with Crippen LogP contribution >= 0.6 is 0 Å². The Hall–Kier alpha value is -2.44. The van der Waals surface area contributed by atoms with E-state index >= 15 is 0 Å². The quantitative estimate of drug-likeness (QED) is 0.807. The zero-order valence-corrected chi connectivity index (χ0v) is 13.6. The van der Waals surface area contributed by atoms with Crippen LogP contribution in [0.4, 0.5) is 0 Å². The fourth-order valence-electron chi connectivity index (χ4n) is 2.66. The third kappa shape index (κ3) is 2.78. The number of fused-ring (bicyclic) bond motifs is 1. The van der Waals surface area contributed by atoms with Gasteiger partial charge in [-0.05, 0) is 33.8 Å². The van der Waals surface area contributed by atoms with E-state index in [2.05, 4.69) is 10.1 Å². The van der Waals surface area contributed by atoms with Gasteiger partial charge in [0.15, 0.2) is 5.65 Å². The lowest BCUT2D eigenvalue weighted by Gasteiger charge is -2.11. The Morgan fingerprint density at radius 1 is 1.48 bits per heavy atom. The second-order valence-electron chi connectivity index (χ2n) is 6.09. The number of nitrogens with zero attached hydrogens (tertiary/aromatic N) is 3. The highest BCUT2D eigenvalue weighted by Crippen LogP contribution is 2.22. The van der Waals surface area contributed by atoms with Crippen molar-refractivity contribution < 1.29 is 19.1 Å². The van der Waals surface area contributed by atoms with Crippen molar-refractivity contribution in [3.05, 3.63) is 23.5 Å². The van der Waals surface area contributed by atoms with E-state index in [1.54, 1.807) is 30.8 Å². The van der Waals surface area contributed by atoms with Gasteiger partial charge in [-0.25, -0.2) is 19.3 Å². The molecule has 23 heavy (non-hydrogen) atoms. The molecule has 7 heteroatoms. The van der Waals surface area contributed by atoms with Gasteiger partial charge in [0.25, 0.3) is 0 Å². The summed E-state index contributed by atoms with van der Waals surface area (Å²) >= 11 is 0. The molecular weight excluding hydrogens is 298 g/mol. The van der Waals surface area contributed by atoms with Crippen LogP contribution in [0.1, 0.15) is 49.3 Å². The monoisotopic (exact) mass is 317 g/mol. The summed E-state index contributed by atoms with van der Waals surface area (Å²) in [4.78, 5) is 28.4. The van der Waals surface area contributed by atoms with Crippen molar-refractivity contribution in [3.8, 4) is 0 Å². The van der Waals surface area contributed by atoms with E-state index in [0.717, 1.165) is 11.0 Å². The summed E-state index contributed by atoms with van der Waals surface area (Å²) in [6, 6.07) is 1.88. The average Bonchev–Trinajstić information content (AvgIpc) is 3.01. The minimum atomic E-state index is -0.842. The van der Waals surface area contributed by atoms with E-state index in [4.69, 9.17) is 9.47 Å². The molecule has 0 aliphatic carbocycles. The molecule has 1 aliphatic rings. The van der Waals surface area contributed by atoms with Crippen LogP contribution in [0.25, 0.3) is 11.0 Å². The standard InChI is InChI=1S/C16H19N3O4/c1-8(2)19-14-11(7-17-19)6-12(10(4)18-14)15(20)23-13-5-9(3)22-16(13)21/h6-9,13H,5H2,1-4H3/t9-,13-/m0/s1. The Labute approximate surface area is 133 Å². The van der Waals surface area contributed by atoms with Gasteiger partial charge in [-0.15, -0.1) is 0 Å². The van der Waals surface area contributed by atoms with E-state index in [1.807, 2.05) is 13.8 Å². The lowest BCUT2D eigenvalue weighted by atomic mass is 10.1. The number of ether oxygens (including phenoxy) is 2. The lowest BCUT2D eigenvalue weighted by molar-refractivity contribution is -0.147. The fraction of sp³-hybridized carbons (Fsp3) is 0.500. The zero-order chi connectivity index (χ0) is 16.7. The van der Waals surface area contributed by atoms with Crippen LogP contribution in [0.5, 0.6) is 0 Å². The van der Waals surface area contributed by atoms with Crippen molar-refractivity contribution in [1.82, 2.24) is 14.8 Å². The SMILES string of the molecule is Cc1nc2c(cnn2C(C)C)cc1C(=O)O[C@H]1C[C@H](C)OC1=O. The minimum absolute atomic E-state index is 0.173. The molecule has 0 saturated carbocycles. The molecule has 7 nitrogen and oxygen atoms in total. The molecule has 0 radical (unpaired) electrons. The van der Waals surface area contributed by atoms with Crippen LogP contribution in [0.15, 0.2) is 12.3 Å². The van der Waals surface area contributed by atoms with E-state index < -0.39 is 18.0 Å². The Morgan fingerprint density at radius 3 is 2.83 bits per heavy atom. The number of cyclic esters (lactones) is 1. The molecule has 3 rings (SSSR count). The molecule has 1 fully saturated rings. The molecule has 0 amide bonds. The van der Waals surface area contributed by atoms with E-state index in [-0.39, 0.29) is 12.1 Å². The highest BCUT2D eigenvalue weighted by molar-refractivity contribution is 5.96. The van der Waals surface area contributed by atoms with Crippen LogP contribution in [-0.4, -0.2) is 38.9 Å². The van der Waals surface area contributed by atoms with Gasteiger partial charge in [-0.3, -0.25) is 0 Å². The van der Waals surface area contributed by atoms with E-state index in [1.165, 1.54) is 0 Å². The Balaban J connectivity index is 1.89. The summed E-state index contributed by atoms with van der Waals surface area (Å²) in [5.74, 6) is -1.06. The smallest absolute Gasteiger partial charge is 0.347 e. The molecule has 122 valence electrons. The predicted molar refractivity (Wildman–Crippen MR) is 82.0 cm³/mol. The molecule has 0 bridgehead atoms. The molecule has 2 aromatic rings. The molecule has 0 spiro atoms. The third-order valence-corrected chi connectivity index (χ3v) is 3.84. The summed E-state index contributed by atoms with van der Waals surface area (Å²) in [6.45, 7) is 7.53. The topological polar surface area (TPSA) is 83.3 Å². The molecule has 2 atom stereocenters. The van der Waals surface area contributed by atoms with Crippen molar-refractivity contribution in [2.75, 3.05) is 0 Å². The third-order valence-electron chi connectivity index (χ3n) is 3.84. The Bertz CT molecular complexity index is 781. The van der Waals surface area contributed by atoms with Crippen molar-refractivity contribution in [1.29, 1.82) is 0 Å². The van der Waals surface area contributed by atoms with Crippen LogP contribution in [0.2, 0.25) is 0 Å². The maximum atomic E-state index is 12.4. The lowest BCUT2D eigenvalue weighted by Crippen LogP contribution is -2.23. The highest BCUT2D eigenvalue weighted by Gasteiger charge is 2.35. The van der Waals surface area contributed by atoms with Gasteiger partial charge < -0.3 is 9.47 Å². The maximum absolute atomic E-state index is 12.4. The Kier molecular flexibility index (Phi) is 3.79. The summed E-state index contributed by atoms with van der Waals surface area (Å²) in [5.41, 5.74) is 1.61. The second-order valence-corrected chi connectivity index (χ2v) is 6.09. The van der Waals surface area contributed by atoms with Gasteiger partial charge in [-0.1, -0.05) is 0 Å². The van der Waals surface area contributed by atoms with Gasteiger partial charge in [0.05, 0.1) is 17.5 Å². The first-order chi connectivity index (χ1) is 10.9. The first-order valence-electron chi connectivity index (χ1n) is 7.63. The number of esters is 2. The van der Waals surface area contributed by atoms with Gasteiger partial charge >= 0.3 is 11.9 Å². The first-order valence-corrected chi connectivity index (χ1v) is 7.63. The molecular formula is C16H19N3O4. The molecule has 0 unspecified atom stereocenters. The van der Waals surface area contributed by atoms with Gasteiger partial charge in [0, 0.05) is 17.8 Å². The first kappa shape index (κ1) is 15.5. The number of carbonyl (C=O) groups is 2. The van der Waals surface area contributed by atoms with Crippen molar-refractivity contribution in [2.45, 2.75) is 52.4 Å². The van der Waals surface area contributed by atoms with Crippen LogP contribution in [-0.2, 0) is 14.3 Å². The molecule has 3 heterocycles. The average molecular weight is 317 g/mol. The Morgan fingerprint density at radius 2 is 2.22 bits per heavy atom. The van der Waals surface area contributed by atoms with Crippen LogP contribution in [0.3, 0.4) is 0 Å². The van der Waals surface area contributed by atoms with E-state index in [0.29, 0.717) is 17.7 Å². The van der Waals surface area contributed by atoms with Crippen LogP contribution < -0.4 is 0 Å². The molecule has 0 N–H and O–H groups in total. The summed E-state index contributed by atoms with van der Waals surface area (Å²) in [5, 5.41) is 5.05. The number of rotatable bonds is 3. The fourth-order valence-corrected chi connectivity index (χ4v) is 2.66. The zero-order valence-electron chi connectivity index (χ0n) is 13.6. The number of hydrogen-bond donors (Lipinski definition) is 0. The van der Waals surface area contributed by atoms with Crippen LogP contribution in [0, 0.1) is 6.92 Å². The largest absolute Gasteiger partial charge is 0.460 e. The summed E-state index contributed by atoms with van der Waals surface area (Å²) in [6.07, 6.45) is 0.979. The number of hydrogen-bond acceptors (Lipinski definition) is 6. The number of carbonyl (C=O) groups excluding carboxylic acids is 2. The maximum Gasteiger partial charge on any atom is 0.347 e. The highest BCUT2D eigenvalue weighted by atomic mass is 16.6. The minimum Gasteiger partial charge on any atom is -0.460 e. The number of aromatic nitrogens is 3. The molecule has 2 aromatic heterocycles. The van der Waals surface area contributed by atoms with Crippen molar-refractivity contribution >= 4 is 23.0 Å². The van der Waals surface area contributed by atoms with Crippen molar-refractivity contribution in [2.24, 2.45) is 0 Å². The molecule has 1 saturated heterocycles. The number of pyridine rings is 1. The predicted octanol–water partition coefficient (Wildman–Crippen LogP) is 2.18. The van der Waals surface area contributed by atoms with E-state index in [9.17, 15) is 9.59 Å². The summed E-state index contributed by atoms with van der Waals surface area (Å²) < 4.78 is 12.1. The summed E-state index contributed by atoms with van der Waals surface area (Å²) in [7, 11) is 0.